The Hall–Kier alpha value is -3.93. The first-order valence-corrected chi connectivity index (χ1v) is 8.39. The van der Waals surface area contributed by atoms with E-state index < -0.39 is 0 Å². The number of nitrogens with zero attached hydrogens (tertiary/aromatic N) is 2. The van der Waals surface area contributed by atoms with Crippen LogP contribution in [-0.4, -0.2) is 20.4 Å². The number of rotatable bonds is 4. The van der Waals surface area contributed by atoms with Gasteiger partial charge in [-0.2, -0.15) is 0 Å². The molecular weight excluding hydrogens is 340 g/mol. The Kier molecular flexibility index (Phi) is 4.37. The van der Waals surface area contributed by atoms with E-state index in [2.05, 4.69) is 15.3 Å². The summed E-state index contributed by atoms with van der Waals surface area (Å²) in [4.78, 5) is 31.7. The molecule has 132 valence electrons. The van der Waals surface area contributed by atoms with Crippen molar-refractivity contribution in [3.05, 3.63) is 101 Å². The lowest BCUT2D eigenvalue weighted by Crippen LogP contribution is -2.20. The minimum atomic E-state index is -0.283. The molecule has 0 saturated heterocycles. The van der Waals surface area contributed by atoms with Gasteiger partial charge in [0.1, 0.15) is 0 Å². The number of hydrogen-bond donors (Lipinski definition) is 2. The van der Waals surface area contributed by atoms with Crippen molar-refractivity contribution in [1.82, 2.24) is 14.5 Å². The number of H-pyrrole nitrogens is 1. The molecule has 2 N–H and O–H groups in total. The van der Waals surface area contributed by atoms with Gasteiger partial charge in [-0.1, -0.05) is 30.3 Å². The summed E-state index contributed by atoms with van der Waals surface area (Å²) in [6, 6.07) is 19.5. The molecule has 0 aliphatic carbocycles. The first-order chi connectivity index (χ1) is 13.2. The maximum atomic E-state index is 12.6. The van der Waals surface area contributed by atoms with E-state index in [9.17, 15) is 9.59 Å². The van der Waals surface area contributed by atoms with E-state index >= 15 is 0 Å². The smallest absolute Gasteiger partial charge is 0.257 e. The van der Waals surface area contributed by atoms with Crippen LogP contribution in [0.15, 0.2) is 90.2 Å². The van der Waals surface area contributed by atoms with E-state index in [-0.39, 0.29) is 11.5 Å². The fourth-order valence-corrected chi connectivity index (χ4v) is 2.76. The molecule has 2 aromatic heterocycles. The fourth-order valence-electron chi connectivity index (χ4n) is 2.76. The molecule has 4 aromatic rings. The van der Waals surface area contributed by atoms with Gasteiger partial charge >= 0.3 is 0 Å². The molecule has 27 heavy (non-hydrogen) atoms. The summed E-state index contributed by atoms with van der Waals surface area (Å²) in [6.45, 7) is 0. The normalized spacial score (nSPS) is 10.5. The van der Waals surface area contributed by atoms with Gasteiger partial charge in [0, 0.05) is 23.6 Å². The predicted octanol–water partition coefficient (Wildman–Crippen LogP) is 3.48. The van der Waals surface area contributed by atoms with Crippen molar-refractivity contribution < 1.29 is 4.79 Å². The molecular formula is C21H16N4O2. The number of anilines is 1. The maximum absolute atomic E-state index is 12.6. The van der Waals surface area contributed by atoms with Crippen LogP contribution < -0.4 is 10.9 Å². The van der Waals surface area contributed by atoms with Gasteiger partial charge in [-0.3, -0.25) is 14.2 Å². The zero-order valence-corrected chi connectivity index (χ0v) is 14.3. The summed E-state index contributed by atoms with van der Waals surface area (Å²) in [7, 11) is 0. The van der Waals surface area contributed by atoms with Crippen molar-refractivity contribution in [3.63, 3.8) is 0 Å². The maximum Gasteiger partial charge on any atom is 0.257 e. The Morgan fingerprint density at radius 1 is 0.963 bits per heavy atom. The summed E-state index contributed by atoms with van der Waals surface area (Å²) < 4.78 is 1.45. The van der Waals surface area contributed by atoms with Crippen LogP contribution in [-0.2, 0) is 0 Å². The van der Waals surface area contributed by atoms with Crippen LogP contribution >= 0.6 is 0 Å². The first-order valence-electron chi connectivity index (χ1n) is 8.39. The average molecular weight is 356 g/mol. The molecule has 0 bridgehead atoms. The van der Waals surface area contributed by atoms with Gasteiger partial charge in [-0.15, -0.1) is 0 Å². The lowest BCUT2D eigenvalue weighted by Gasteiger charge is -2.09. The molecule has 0 saturated carbocycles. The second-order valence-electron chi connectivity index (χ2n) is 5.96. The second-order valence-corrected chi connectivity index (χ2v) is 5.96. The number of aromatic amines is 1. The Morgan fingerprint density at radius 2 is 1.74 bits per heavy atom. The molecule has 0 aliphatic rings. The highest BCUT2D eigenvalue weighted by Gasteiger charge is 2.09. The minimum Gasteiger partial charge on any atom is -0.345 e. The molecule has 4 rings (SSSR count). The van der Waals surface area contributed by atoms with E-state index in [0.717, 1.165) is 11.3 Å². The summed E-state index contributed by atoms with van der Waals surface area (Å²) in [5.74, 6) is -0.283. The topological polar surface area (TPSA) is 79.8 Å². The van der Waals surface area contributed by atoms with Crippen molar-refractivity contribution >= 4 is 11.6 Å². The van der Waals surface area contributed by atoms with Gasteiger partial charge < -0.3 is 10.3 Å². The highest BCUT2D eigenvalue weighted by Crippen LogP contribution is 2.19. The number of carbonyl (C=O) groups excluding carboxylic acids is 1. The van der Waals surface area contributed by atoms with E-state index in [1.54, 1.807) is 18.7 Å². The van der Waals surface area contributed by atoms with E-state index in [1.807, 2.05) is 54.6 Å². The molecule has 2 heterocycles. The van der Waals surface area contributed by atoms with Crippen molar-refractivity contribution in [2.24, 2.45) is 0 Å². The third-order valence-corrected chi connectivity index (χ3v) is 4.16. The van der Waals surface area contributed by atoms with Crippen LogP contribution in [0.4, 0.5) is 5.69 Å². The third-order valence-electron chi connectivity index (χ3n) is 4.16. The highest BCUT2D eigenvalue weighted by atomic mass is 16.2. The van der Waals surface area contributed by atoms with Gasteiger partial charge in [0.05, 0.1) is 23.8 Å². The van der Waals surface area contributed by atoms with Crippen LogP contribution in [0.5, 0.6) is 0 Å². The lowest BCUT2D eigenvalue weighted by atomic mass is 10.1. The fraction of sp³-hybridized carbons (Fsp3) is 0. The molecule has 0 spiro atoms. The van der Waals surface area contributed by atoms with Crippen molar-refractivity contribution in [1.29, 1.82) is 0 Å². The van der Waals surface area contributed by atoms with Gasteiger partial charge in [0.2, 0.25) is 0 Å². The van der Waals surface area contributed by atoms with E-state index in [4.69, 9.17) is 0 Å². The SMILES string of the molecule is O=C(Nc1ccc(-c2cnc[nH]2)cc1)c1ccc(=O)n(-c2ccccc2)c1. The van der Waals surface area contributed by atoms with Gasteiger partial charge in [-0.25, -0.2) is 4.98 Å². The van der Waals surface area contributed by atoms with Crippen LogP contribution in [0.2, 0.25) is 0 Å². The number of hydrogen-bond acceptors (Lipinski definition) is 3. The molecule has 6 nitrogen and oxygen atoms in total. The van der Waals surface area contributed by atoms with Crippen LogP contribution in [0.1, 0.15) is 10.4 Å². The molecule has 0 aliphatic heterocycles. The number of carbonyl (C=O) groups is 1. The Bertz CT molecular complexity index is 1120. The number of aromatic nitrogens is 3. The zero-order chi connectivity index (χ0) is 18.6. The molecule has 1 amide bonds. The van der Waals surface area contributed by atoms with Gasteiger partial charge in [-0.05, 0) is 35.9 Å². The number of pyridine rings is 1. The highest BCUT2D eigenvalue weighted by molar-refractivity contribution is 6.04. The standard InChI is InChI=1S/C21H16N4O2/c26-20-11-8-16(13-25(20)18-4-2-1-3-5-18)21(27)24-17-9-6-15(7-10-17)19-12-22-14-23-19/h1-14H,(H,22,23)(H,24,27). The molecule has 2 aromatic carbocycles. The van der Waals surface area contributed by atoms with E-state index in [0.29, 0.717) is 16.9 Å². The summed E-state index contributed by atoms with van der Waals surface area (Å²) in [5, 5.41) is 2.85. The van der Waals surface area contributed by atoms with Gasteiger partial charge in [0.15, 0.2) is 0 Å². The summed E-state index contributed by atoms with van der Waals surface area (Å²) in [6.07, 6.45) is 4.90. The predicted molar refractivity (Wildman–Crippen MR) is 104 cm³/mol. The number of benzene rings is 2. The van der Waals surface area contributed by atoms with Crippen LogP contribution in [0.3, 0.4) is 0 Å². The average Bonchev–Trinajstić information content (AvgIpc) is 3.24. The summed E-state index contributed by atoms with van der Waals surface area (Å²) >= 11 is 0. The Morgan fingerprint density at radius 3 is 2.44 bits per heavy atom. The quantitative estimate of drug-likeness (QED) is 0.587. The minimum absolute atomic E-state index is 0.193. The first kappa shape index (κ1) is 16.5. The summed E-state index contributed by atoms with van der Waals surface area (Å²) in [5.41, 5.74) is 3.46. The molecule has 0 radical (unpaired) electrons. The van der Waals surface area contributed by atoms with Crippen LogP contribution in [0.25, 0.3) is 16.9 Å². The van der Waals surface area contributed by atoms with Crippen molar-refractivity contribution in [2.75, 3.05) is 5.32 Å². The van der Waals surface area contributed by atoms with Gasteiger partial charge in [0.25, 0.3) is 11.5 Å². The molecule has 0 fully saturated rings. The molecule has 0 unspecified atom stereocenters. The molecule has 6 heteroatoms. The Labute approximate surface area is 155 Å². The van der Waals surface area contributed by atoms with E-state index in [1.165, 1.54) is 16.7 Å². The Balaban J connectivity index is 1.56. The number of para-hydroxylation sites is 1. The number of amides is 1. The van der Waals surface area contributed by atoms with Crippen LogP contribution in [0, 0.1) is 0 Å². The largest absolute Gasteiger partial charge is 0.345 e. The second kappa shape index (κ2) is 7.13. The van der Waals surface area contributed by atoms with Crippen molar-refractivity contribution in [2.45, 2.75) is 0 Å². The number of nitrogens with one attached hydrogen (secondary N) is 2. The number of imidazole rings is 1. The monoisotopic (exact) mass is 356 g/mol. The lowest BCUT2D eigenvalue weighted by molar-refractivity contribution is 0.102. The third kappa shape index (κ3) is 3.55. The van der Waals surface area contributed by atoms with Crippen molar-refractivity contribution in [3.8, 4) is 16.9 Å². The molecule has 0 atom stereocenters. The zero-order valence-electron chi connectivity index (χ0n) is 14.3.